The van der Waals surface area contributed by atoms with Crippen LogP contribution in [-0.4, -0.2) is 18.5 Å². The van der Waals surface area contributed by atoms with Crippen LogP contribution in [0.15, 0.2) is 24.3 Å². The molecule has 0 aromatic heterocycles. The molecular formula is C10H12ClFN2O. The van der Waals surface area contributed by atoms with E-state index >= 15 is 0 Å². The standard InChI is InChI=1S/C10H12ClFN2O/c11-5-6-13-10(15)14-7-8-3-1-2-4-9(8)12/h1-4H,5-7H2,(H2,13,14,15). The molecule has 82 valence electrons. The van der Waals surface area contributed by atoms with Gasteiger partial charge in [0.1, 0.15) is 5.82 Å². The first-order chi connectivity index (χ1) is 7.24. The minimum absolute atomic E-state index is 0.167. The van der Waals surface area contributed by atoms with Crippen LogP contribution in [0.3, 0.4) is 0 Å². The average molecular weight is 231 g/mol. The lowest BCUT2D eigenvalue weighted by molar-refractivity contribution is 0.241. The summed E-state index contributed by atoms with van der Waals surface area (Å²) in [6, 6.07) is 5.95. The molecule has 0 unspecified atom stereocenters. The number of hydrogen-bond acceptors (Lipinski definition) is 1. The predicted octanol–water partition coefficient (Wildman–Crippen LogP) is 1.86. The average Bonchev–Trinajstić information content (AvgIpc) is 2.25. The number of hydrogen-bond donors (Lipinski definition) is 2. The van der Waals surface area contributed by atoms with E-state index in [4.69, 9.17) is 11.6 Å². The van der Waals surface area contributed by atoms with Crippen LogP contribution in [-0.2, 0) is 6.54 Å². The van der Waals surface area contributed by atoms with Crippen LogP contribution in [0.2, 0.25) is 0 Å². The van der Waals surface area contributed by atoms with Gasteiger partial charge in [0, 0.05) is 24.5 Å². The molecule has 0 radical (unpaired) electrons. The van der Waals surface area contributed by atoms with Crippen molar-refractivity contribution in [1.82, 2.24) is 10.6 Å². The fourth-order valence-electron chi connectivity index (χ4n) is 1.04. The van der Waals surface area contributed by atoms with Crippen molar-refractivity contribution < 1.29 is 9.18 Å². The van der Waals surface area contributed by atoms with Crippen LogP contribution in [0.4, 0.5) is 9.18 Å². The molecule has 0 fully saturated rings. The molecule has 0 saturated heterocycles. The molecule has 2 N–H and O–H groups in total. The van der Waals surface area contributed by atoms with Crippen LogP contribution in [0.1, 0.15) is 5.56 Å². The van der Waals surface area contributed by atoms with Crippen molar-refractivity contribution in [3.05, 3.63) is 35.6 Å². The van der Waals surface area contributed by atoms with Gasteiger partial charge in [0.05, 0.1) is 0 Å². The molecule has 0 saturated carbocycles. The Hall–Kier alpha value is -1.29. The number of carbonyl (C=O) groups excluding carboxylic acids is 1. The van der Waals surface area contributed by atoms with E-state index in [-0.39, 0.29) is 18.4 Å². The molecule has 1 aromatic carbocycles. The van der Waals surface area contributed by atoms with Gasteiger partial charge >= 0.3 is 6.03 Å². The molecule has 0 aliphatic heterocycles. The van der Waals surface area contributed by atoms with E-state index in [1.807, 2.05) is 0 Å². The molecule has 0 aliphatic rings. The van der Waals surface area contributed by atoms with Crippen LogP contribution in [0.25, 0.3) is 0 Å². The SMILES string of the molecule is O=C(NCCCl)NCc1ccccc1F. The lowest BCUT2D eigenvalue weighted by Crippen LogP contribution is -2.36. The maximum atomic E-state index is 13.1. The van der Waals surface area contributed by atoms with Crippen molar-refractivity contribution in [2.75, 3.05) is 12.4 Å². The summed E-state index contributed by atoms with van der Waals surface area (Å²) >= 11 is 5.39. The summed E-state index contributed by atoms with van der Waals surface area (Å²) in [6.45, 7) is 0.561. The van der Waals surface area contributed by atoms with Gasteiger partial charge in [0.15, 0.2) is 0 Å². The van der Waals surface area contributed by atoms with Crippen LogP contribution in [0.5, 0.6) is 0 Å². The molecular weight excluding hydrogens is 219 g/mol. The van der Waals surface area contributed by atoms with Gasteiger partial charge in [-0.05, 0) is 6.07 Å². The molecule has 5 heteroatoms. The molecule has 0 spiro atoms. The number of urea groups is 1. The third-order valence-electron chi connectivity index (χ3n) is 1.78. The summed E-state index contributed by atoms with van der Waals surface area (Å²) in [7, 11) is 0. The van der Waals surface area contributed by atoms with E-state index in [1.165, 1.54) is 6.07 Å². The highest BCUT2D eigenvalue weighted by Gasteiger charge is 2.02. The van der Waals surface area contributed by atoms with Gasteiger partial charge in [0.2, 0.25) is 0 Å². The van der Waals surface area contributed by atoms with Gasteiger partial charge in [-0.3, -0.25) is 0 Å². The predicted molar refractivity (Wildman–Crippen MR) is 57.4 cm³/mol. The molecule has 3 nitrogen and oxygen atoms in total. The Balaban J connectivity index is 2.37. The molecule has 15 heavy (non-hydrogen) atoms. The second-order valence-corrected chi connectivity index (χ2v) is 3.27. The van der Waals surface area contributed by atoms with Gasteiger partial charge in [0.25, 0.3) is 0 Å². The highest BCUT2D eigenvalue weighted by molar-refractivity contribution is 6.18. The molecule has 1 rings (SSSR count). The van der Waals surface area contributed by atoms with E-state index in [2.05, 4.69) is 10.6 Å². The number of carbonyl (C=O) groups is 1. The van der Waals surface area contributed by atoms with Gasteiger partial charge in [-0.2, -0.15) is 0 Å². The maximum absolute atomic E-state index is 13.1. The number of alkyl halides is 1. The van der Waals surface area contributed by atoms with E-state index in [0.29, 0.717) is 18.0 Å². The van der Waals surface area contributed by atoms with Crippen LogP contribution in [0, 0.1) is 5.82 Å². The lowest BCUT2D eigenvalue weighted by Gasteiger charge is -2.06. The zero-order valence-corrected chi connectivity index (χ0v) is 8.85. The molecule has 0 aliphatic carbocycles. The Morgan fingerprint density at radius 3 is 2.73 bits per heavy atom. The highest BCUT2D eigenvalue weighted by atomic mass is 35.5. The lowest BCUT2D eigenvalue weighted by atomic mass is 10.2. The summed E-state index contributed by atoms with van der Waals surface area (Å²) in [5.41, 5.74) is 0.457. The van der Waals surface area contributed by atoms with Crippen molar-refractivity contribution in [3.63, 3.8) is 0 Å². The van der Waals surface area contributed by atoms with E-state index in [9.17, 15) is 9.18 Å². The molecule has 0 heterocycles. The van der Waals surface area contributed by atoms with Crippen molar-refractivity contribution in [1.29, 1.82) is 0 Å². The minimum atomic E-state index is -0.348. The van der Waals surface area contributed by atoms with Gasteiger partial charge < -0.3 is 10.6 Å². The smallest absolute Gasteiger partial charge is 0.315 e. The van der Waals surface area contributed by atoms with Crippen molar-refractivity contribution in [2.45, 2.75) is 6.54 Å². The highest BCUT2D eigenvalue weighted by Crippen LogP contribution is 2.04. The number of rotatable bonds is 4. The number of halogens is 2. The Morgan fingerprint density at radius 1 is 1.33 bits per heavy atom. The summed E-state index contributed by atoms with van der Waals surface area (Å²) < 4.78 is 13.1. The van der Waals surface area contributed by atoms with Gasteiger partial charge in [-0.25, -0.2) is 9.18 Å². The zero-order chi connectivity index (χ0) is 11.1. The minimum Gasteiger partial charge on any atom is -0.337 e. The summed E-state index contributed by atoms with van der Waals surface area (Å²) in [4.78, 5) is 11.1. The number of amides is 2. The topological polar surface area (TPSA) is 41.1 Å². The van der Waals surface area contributed by atoms with Crippen molar-refractivity contribution >= 4 is 17.6 Å². The Kier molecular flexibility index (Phi) is 4.90. The monoisotopic (exact) mass is 230 g/mol. The second-order valence-electron chi connectivity index (χ2n) is 2.89. The number of nitrogens with one attached hydrogen (secondary N) is 2. The third kappa shape index (κ3) is 4.16. The largest absolute Gasteiger partial charge is 0.337 e. The molecule has 1 aromatic rings. The zero-order valence-electron chi connectivity index (χ0n) is 8.09. The van der Waals surface area contributed by atoms with Crippen molar-refractivity contribution in [2.24, 2.45) is 0 Å². The molecule has 0 bridgehead atoms. The van der Waals surface area contributed by atoms with Crippen molar-refractivity contribution in [3.8, 4) is 0 Å². The van der Waals surface area contributed by atoms with Gasteiger partial charge in [-0.15, -0.1) is 11.6 Å². The summed E-state index contributed by atoms with van der Waals surface area (Å²) in [5, 5.41) is 5.04. The molecule has 2 amide bonds. The van der Waals surface area contributed by atoms with Gasteiger partial charge in [-0.1, -0.05) is 18.2 Å². The fourth-order valence-corrected chi connectivity index (χ4v) is 1.14. The summed E-state index contributed by atoms with van der Waals surface area (Å²) in [5.74, 6) is 0.0303. The van der Waals surface area contributed by atoms with Crippen LogP contribution < -0.4 is 10.6 Å². The number of benzene rings is 1. The first kappa shape index (κ1) is 11.8. The normalized spacial score (nSPS) is 9.73. The Labute approximate surface area is 92.6 Å². The summed E-state index contributed by atoms with van der Waals surface area (Å²) in [6.07, 6.45) is 0. The second kappa shape index (κ2) is 6.24. The maximum Gasteiger partial charge on any atom is 0.315 e. The van der Waals surface area contributed by atoms with Crippen LogP contribution >= 0.6 is 11.6 Å². The molecule has 0 atom stereocenters. The Bertz CT molecular complexity index is 333. The fraction of sp³-hybridized carbons (Fsp3) is 0.300. The first-order valence-electron chi connectivity index (χ1n) is 4.55. The Morgan fingerprint density at radius 2 is 2.07 bits per heavy atom. The van der Waals surface area contributed by atoms with E-state index < -0.39 is 0 Å². The van der Waals surface area contributed by atoms with E-state index in [0.717, 1.165) is 0 Å². The van der Waals surface area contributed by atoms with E-state index in [1.54, 1.807) is 18.2 Å². The third-order valence-corrected chi connectivity index (χ3v) is 1.97. The quantitative estimate of drug-likeness (QED) is 0.762. The first-order valence-corrected chi connectivity index (χ1v) is 5.08.